The number of carbonyl (C=O) groups excluding carboxylic acids is 1. The van der Waals surface area contributed by atoms with E-state index in [2.05, 4.69) is 5.32 Å². The lowest BCUT2D eigenvalue weighted by Gasteiger charge is -2.10. The summed E-state index contributed by atoms with van der Waals surface area (Å²) in [7, 11) is -3.43. The molecule has 0 fully saturated rings. The van der Waals surface area contributed by atoms with Crippen molar-refractivity contribution in [3.8, 4) is 5.75 Å². The first-order chi connectivity index (χ1) is 11.2. The second-order valence-electron chi connectivity index (χ2n) is 4.83. The van der Waals surface area contributed by atoms with Gasteiger partial charge in [-0.25, -0.2) is 12.8 Å². The number of sulfone groups is 1. The largest absolute Gasteiger partial charge is 0.484 e. The Balaban J connectivity index is 2.05. The van der Waals surface area contributed by atoms with Crippen molar-refractivity contribution in [1.82, 2.24) is 0 Å². The molecule has 0 aromatic heterocycles. The number of nitrogens with one attached hydrogen (secondary N) is 1. The van der Waals surface area contributed by atoms with Gasteiger partial charge in [0.15, 0.2) is 16.4 Å². The van der Waals surface area contributed by atoms with Crippen molar-refractivity contribution in [2.75, 3.05) is 18.2 Å². The number of anilines is 1. The van der Waals surface area contributed by atoms with E-state index >= 15 is 0 Å². The normalized spacial score (nSPS) is 11.2. The molecule has 0 aliphatic carbocycles. The highest BCUT2D eigenvalue weighted by Crippen LogP contribution is 2.25. The van der Waals surface area contributed by atoms with E-state index in [-0.39, 0.29) is 33.0 Å². The van der Waals surface area contributed by atoms with E-state index in [0.29, 0.717) is 0 Å². The maximum atomic E-state index is 13.0. The monoisotopic (exact) mass is 391 g/mol. The van der Waals surface area contributed by atoms with Crippen LogP contribution in [0.5, 0.6) is 5.75 Å². The topological polar surface area (TPSA) is 72.5 Å². The molecule has 0 saturated carbocycles. The first kappa shape index (κ1) is 18.5. The number of rotatable bonds is 5. The summed E-state index contributed by atoms with van der Waals surface area (Å²) >= 11 is 11.5. The van der Waals surface area contributed by atoms with Gasteiger partial charge in [-0.15, -0.1) is 0 Å². The van der Waals surface area contributed by atoms with Crippen molar-refractivity contribution in [3.05, 3.63) is 52.3 Å². The van der Waals surface area contributed by atoms with Crippen LogP contribution in [-0.2, 0) is 14.6 Å². The third-order valence-electron chi connectivity index (χ3n) is 2.90. The molecular formula is C15H12Cl2FNO4S. The van der Waals surface area contributed by atoms with Crippen LogP contribution in [0.1, 0.15) is 0 Å². The fraction of sp³-hybridized carbons (Fsp3) is 0.133. The quantitative estimate of drug-likeness (QED) is 0.845. The minimum atomic E-state index is -3.43. The van der Waals surface area contributed by atoms with Crippen LogP contribution in [0.15, 0.2) is 41.3 Å². The number of hydrogen-bond acceptors (Lipinski definition) is 4. The van der Waals surface area contributed by atoms with Crippen molar-refractivity contribution < 1.29 is 22.3 Å². The number of benzene rings is 2. The molecule has 0 aliphatic rings. The molecule has 1 N–H and O–H groups in total. The van der Waals surface area contributed by atoms with Gasteiger partial charge in [-0.1, -0.05) is 23.2 Å². The second-order valence-corrected chi connectivity index (χ2v) is 7.66. The third-order valence-corrected chi connectivity index (χ3v) is 4.63. The fourth-order valence-corrected chi connectivity index (χ4v) is 2.72. The van der Waals surface area contributed by atoms with Gasteiger partial charge in [-0.2, -0.15) is 0 Å². The number of hydrogen-bond donors (Lipinski definition) is 1. The summed E-state index contributed by atoms with van der Waals surface area (Å²) in [4.78, 5) is 11.9. The molecule has 9 heteroatoms. The molecule has 0 radical (unpaired) electrons. The number of ether oxygens (including phenoxy) is 1. The number of halogens is 3. The molecule has 0 unspecified atom stereocenters. The molecule has 2 aromatic rings. The maximum absolute atomic E-state index is 13.0. The summed E-state index contributed by atoms with van der Waals surface area (Å²) in [5, 5.41) is 2.50. The van der Waals surface area contributed by atoms with E-state index in [1.807, 2.05) is 0 Å². The van der Waals surface area contributed by atoms with Gasteiger partial charge in [0.05, 0.1) is 20.6 Å². The molecule has 0 atom stereocenters. The molecule has 24 heavy (non-hydrogen) atoms. The first-order valence-corrected chi connectivity index (χ1v) is 9.19. The van der Waals surface area contributed by atoms with E-state index in [1.54, 1.807) is 0 Å². The number of carbonyl (C=O) groups is 1. The molecular weight excluding hydrogens is 380 g/mol. The Hall–Kier alpha value is -1.83. The summed E-state index contributed by atoms with van der Waals surface area (Å²) in [5.74, 6) is -0.951. The van der Waals surface area contributed by atoms with Crippen molar-refractivity contribution in [2.24, 2.45) is 0 Å². The van der Waals surface area contributed by atoms with Gasteiger partial charge in [0.2, 0.25) is 0 Å². The zero-order valence-electron chi connectivity index (χ0n) is 12.3. The summed E-state index contributed by atoms with van der Waals surface area (Å²) < 4.78 is 41.3. The van der Waals surface area contributed by atoms with Crippen LogP contribution in [0.4, 0.5) is 10.1 Å². The van der Waals surface area contributed by atoms with Crippen molar-refractivity contribution >= 4 is 44.6 Å². The van der Waals surface area contributed by atoms with Crippen LogP contribution >= 0.6 is 23.2 Å². The Morgan fingerprint density at radius 2 is 1.88 bits per heavy atom. The Kier molecular flexibility index (Phi) is 5.69. The lowest BCUT2D eigenvalue weighted by Crippen LogP contribution is -2.20. The Bertz CT molecular complexity index is 887. The zero-order chi connectivity index (χ0) is 17.9. The van der Waals surface area contributed by atoms with Crippen molar-refractivity contribution in [1.29, 1.82) is 0 Å². The van der Waals surface area contributed by atoms with Gasteiger partial charge in [-0.05, 0) is 30.3 Å². The van der Waals surface area contributed by atoms with Crippen LogP contribution < -0.4 is 10.1 Å². The SMILES string of the molecule is CS(=O)(=O)c1ccc(Cl)c(NC(=O)COc2ccc(F)c(Cl)c2)c1. The summed E-state index contributed by atoms with van der Waals surface area (Å²) in [5.41, 5.74) is 0.144. The second kappa shape index (κ2) is 7.38. The summed E-state index contributed by atoms with van der Waals surface area (Å²) in [6.07, 6.45) is 1.04. The average Bonchev–Trinajstić information content (AvgIpc) is 2.49. The smallest absolute Gasteiger partial charge is 0.262 e. The molecule has 2 aromatic carbocycles. The first-order valence-electron chi connectivity index (χ1n) is 6.54. The zero-order valence-corrected chi connectivity index (χ0v) is 14.7. The van der Waals surface area contributed by atoms with E-state index in [0.717, 1.165) is 12.3 Å². The van der Waals surface area contributed by atoms with Gasteiger partial charge in [0.25, 0.3) is 5.91 Å². The van der Waals surface area contributed by atoms with E-state index < -0.39 is 21.6 Å². The van der Waals surface area contributed by atoms with Gasteiger partial charge < -0.3 is 10.1 Å². The van der Waals surface area contributed by atoms with Gasteiger partial charge in [-0.3, -0.25) is 4.79 Å². The molecule has 1 amide bonds. The van der Waals surface area contributed by atoms with E-state index in [4.69, 9.17) is 27.9 Å². The van der Waals surface area contributed by atoms with Crippen LogP contribution in [0.3, 0.4) is 0 Å². The standard InChI is InChI=1S/C15H12Cl2FNO4S/c1-24(21,22)10-3-4-11(16)14(7-10)19-15(20)8-23-9-2-5-13(18)12(17)6-9/h2-7H,8H2,1H3,(H,19,20). The number of amides is 1. The Morgan fingerprint density at radius 1 is 1.17 bits per heavy atom. The van der Waals surface area contributed by atoms with Gasteiger partial charge >= 0.3 is 0 Å². The highest BCUT2D eigenvalue weighted by Gasteiger charge is 2.13. The van der Waals surface area contributed by atoms with Gasteiger partial charge in [0.1, 0.15) is 11.6 Å². The van der Waals surface area contributed by atoms with Crippen molar-refractivity contribution in [3.63, 3.8) is 0 Å². The molecule has 128 valence electrons. The van der Waals surface area contributed by atoms with E-state index in [9.17, 15) is 17.6 Å². The molecule has 0 saturated heterocycles. The highest BCUT2D eigenvalue weighted by molar-refractivity contribution is 7.90. The summed E-state index contributed by atoms with van der Waals surface area (Å²) in [6, 6.07) is 7.64. The van der Waals surface area contributed by atoms with Crippen LogP contribution in [0.25, 0.3) is 0 Å². The Morgan fingerprint density at radius 3 is 2.50 bits per heavy atom. The molecule has 0 bridgehead atoms. The van der Waals surface area contributed by atoms with Crippen LogP contribution in [-0.4, -0.2) is 27.2 Å². The highest BCUT2D eigenvalue weighted by atomic mass is 35.5. The molecule has 0 heterocycles. The lowest BCUT2D eigenvalue weighted by molar-refractivity contribution is -0.118. The van der Waals surface area contributed by atoms with Crippen molar-refractivity contribution in [2.45, 2.75) is 4.90 Å². The third kappa shape index (κ3) is 4.83. The minimum absolute atomic E-state index is 0.0217. The molecule has 5 nitrogen and oxygen atoms in total. The maximum Gasteiger partial charge on any atom is 0.262 e. The molecule has 0 aliphatic heterocycles. The molecule has 2 rings (SSSR count). The molecule has 0 spiro atoms. The lowest BCUT2D eigenvalue weighted by atomic mass is 10.3. The summed E-state index contributed by atoms with van der Waals surface area (Å²) in [6.45, 7) is -0.388. The minimum Gasteiger partial charge on any atom is -0.484 e. The fourth-order valence-electron chi connectivity index (χ4n) is 1.73. The Labute approximate surface area is 148 Å². The predicted molar refractivity (Wildman–Crippen MR) is 90.1 cm³/mol. The van der Waals surface area contributed by atoms with Gasteiger partial charge in [0, 0.05) is 12.3 Å². The van der Waals surface area contributed by atoms with E-state index in [1.165, 1.54) is 30.3 Å². The average molecular weight is 392 g/mol. The van der Waals surface area contributed by atoms with Crippen LogP contribution in [0.2, 0.25) is 10.0 Å². The predicted octanol–water partition coefficient (Wildman–Crippen LogP) is 3.55. The van der Waals surface area contributed by atoms with Crippen LogP contribution in [0, 0.1) is 5.82 Å².